The number of aromatic nitrogens is 2. The van der Waals surface area contributed by atoms with Gasteiger partial charge < -0.3 is 10.6 Å². The summed E-state index contributed by atoms with van der Waals surface area (Å²) in [6.07, 6.45) is 5.15. The molecule has 3 rings (SSSR count). The standard InChI is InChI=1S/C16H26N4S/c1-3-17-14-11(2)15(20-16(19-14)13-4-5-13)18-10-12-6-8-21-9-7-12/h12-13H,3-10H2,1-2H3,(H2,17,18,19,20). The van der Waals surface area contributed by atoms with Crippen LogP contribution in [0.5, 0.6) is 0 Å². The Hall–Kier alpha value is -0.970. The number of thioether (sulfide) groups is 1. The second-order valence-electron chi connectivity index (χ2n) is 6.15. The number of nitrogens with one attached hydrogen (secondary N) is 2. The van der Waals surface area contributed by atoms with Gasteiger partial charge in [0.1, 0.15) is 17.5 Å². The fourth-order valence-corrected chi connectivity index (χ4v) is 3.97. The lowest BCUT2D eigenvalue weighted by Gasteiger charge is -2.22. The van der Waals surface area contributed by atoms with E-state index in [0.29, 0.717) is 5.92 Å². The van der Waals surface area contributed by atoms with Crippen molar-refractivity contribution in [3.05, 3.63) is 11.4 Å². The van der Waals surface area contributed by atoms with Crippen LogP contribution in [0.15, 0.2) is 0 Å². The molecule has 4 nitrogen and oxygen atoms in total. The fraction of sp³-hybridized carbons (Fsp3) is 0.750. The van der Waals surface area contributed by atoms with E-state index in [2.05, 4.69) is 36.2 Å². The Morgan fingerprint density at radius 2 is 1.71 bits per heavy atom. The highest BCUT2D eigenvalue weighted by Gasteiger charge is 2.28. The lowest BCUT2D eigenvalue weighted by molar-refractivity contribution is 0.515. The molecule has 116 valence electrons. The predicted molar refractivity (Wildman–Crippen MR) is 91.4 cm³/mol. The molecule has 5 heteroatoms. The normalized spacial score (nSPS) is 19.5. The monoisotopic (exact) mass is 306 g/mol. The van der Waals surface area contributed by atoms with Crippen molar-refractivity contribution in [2.75, 3.05) is 35.2 Å². The second-order valence-corrected chi connectivity index (χ2v) is 7.37. The van der Waals surface area contributed by atoms with Gasteiger partial charge in [-0.2, -0.15) is 11.8 Å². The number of hydrogen-bond acceptors (Lipinski definition) is 5. The molecule has 0 bridgehead atoms. The summed E-state index contributed by atoms with van der Waals surface area (Å²) < 4.78 is 0. The van der Waals surface area contributed by atoms with Crippen LogP contribution in [0, 0.1) is 12.8 Å². The van der Waals surface area contributed by atoms with Gasteiger partial charge in [-0.1, -0.05) is 0 Å². The quantitative estimate of drug-likeness (QED) is 0.840. The first-order valence-electron chi connectivity index (χ1n) is 8.22. The summed E-state index contributed by atoms with van der Waals surface area (Å²) in [5.41, 5.74) is 1.16. The maximum atomic E-state index is 4.79. The summed E-state index contributed by atoms with van der Waals surface area (Å²) in [4.78, 5) is 9.51. The van der Waals surface area contributed by atoms with Crippen molar-refractivity contribution < 1.29 is 0 Å². The first kappa shape index (κ1) is 14.9. The van der Waals surface area contributed by atoms with Crippen LogP contribution in [-0.2, 0) is 0 Å². The molecular formula is C16H26N4S. The number of nitrogens with zero attached hydrogens (tertiary/aromatic N) is 2. The van der Waals surface area contributed by atoms with Gasteiger partial charge in [-0.15, -0.1) is 0 Å². The lowest BCUT2D eigenvalue weighted by atomic mass is 10.0. The predicted octanol–water partition coefficient (Wildman–Crippen LogP) is 3.65. The maximum Gasteiger partial charge on any atom is 0.136 e. The molecule has 2 fully saturated rings. The smallest absolute Gasteiger partial charge is 0.136 e. The number of anilines is 2. The van der Waals surface area contributed by atoms with Crippen molar-refractivity contribution in [2.24, 2.45) is 5.92 Å². The van der Waals surface area contributed by atoms with Crippen LogP contribution in [0.25, 0.3) is 0 Å². The van der Waals surface area contributed by atoms with Crippen molar-refractivity contribution in [1.82, 2.24) is 9.97 Å². The fourth-order valence-electron chi connectivity index (χ4n) is 2.76. The zero-order valence-electron chi connectivity index (χ0n) is 13.1. The van der Waals surface area contributed by atoms with Crippen molar-refractivity contribution in [2.45, 2.75) is 45.4 Å². The van der Waals surface area contributed by atoms with E-state index >= 15 is 0 Å². The molecule has 2 N–H and O–H groups in total. The maximum absolute atomic E-state index is 4.79. The first-order valence-corrected chi connectivity index (χ1v) is 9.37. The Kier molecular flexibility index (Phi) is 4.88. The van der Waals surface area contributed by atoms with Gasteiger partial charge in [0, 0.05) is 24.6 Å². The van der Waals surface area contributed by atoms with Crippen LogP contribution in [0.4, 0.5) is 11.6 Å². The largest absolute Gasteiger partial charge is 0.370 e. The van der Waals surface area contributed by atoms with Crippen molar-refractivity contribution >= 4 is 23.4 Å². The molecule has 0 unspecified atom stereocenters. The number of rotatable bonds is 6. The molecule has 21 heavy (non-hydrogen) atoms. The average Bonchev–Trinajstić information content (AvgIpc) is 3.34. The highest BCUT2D eigenvalue weighted by Crippen LogP contribution is 2.39. The first-order chi connectivity index (χ1) is 10.3. The topological polar surface area (TPSA) is 49.8 Å². The van der Waals surface area contributed by atoms with Crippen molar-refractivity contribution in [3.8, 4) is 0 Å². The Labute approximate surface area is 131 Å². The Balaban J connectivity index is 1.72. The summed E-state index contributed by atoms with van der Waals surface area (Å²) in [5, 5.41) is 6.99. The van der Waals surface area contributed by atoms with Crippen molar-refractivity contribution in [3.63, 3.8) is 0 Å². The van der Waals surface area contributed by atoms with E-state index < -0.39 is 0 Å². The minimum Gasteiger partial charge on any atom is -0.370 e. The molecule has 2 aliphatic rings. The molecule has 0 radical (unpaired) electrons. The van der Waals surface area contributed by atoms with Gasteiger partial charge in [-0.25, -0.2) is 9.97 Å². The second kappa shape index (κ2) is 6.86. The van der Waals surface area contributed by atoms with E-state index in [0.717, 1.165) is 42.0 Å². The van der Waals surface area contributed by atoms with E-state index in [1.807, 2.05) is 0 Å². The molecule has 0 spiro atoms. The highest BCUT2D eigenvalue weighted by molar-refractivity contribution is 7.99. The molecule has 0 aromatic carbocycles. The van der Waals surface area contributed by atoms with E-state index in [1.54, 1.807) is 0 Å². The molecular weight excluding hydrogens is 280 g/mol. The molecule has 0 amide bonds. The third-order valence-corrected chi connectivity index (χ3v) is 5.40. The van der Waals surface area contributed by atoms with Crippen LogP contribution >= 0.6 is 11.8 Å². The van der Waals surface area contributed by atoms with E-state index in [1.165, 1.54) is 37.2 Å². The molecule has 1 saturated carbocycles. The van der Waals surface area contributed by atoms with Gasteiger partial charge in [0.2, 0.25) is 0 Å². The highest BCUT2D eigenvalue weighted by atomic mass is 32.2. The van der Waals surface area contributed by atoms with Crippen LogP contribution in [0.3, 0.4) is 0 Å². The van der Waals surface area contributed by atoms with Gasteiger partial charge >= 0.3 is 0 Å². The van der Waals surface area contributed by atoms with Crippen molar-refractivity contribution in [1.29, 1.82) is 0 Å². The molecule has 1 aliphatic heterocycles. The van der Waals surface area contributed by atoms with Crippen LogP contribution in [0.1, 0.15) is 49.9 Å². The van der Waals surface area contributed by atoms with E-state index in [-0.39, 0.29) is 0 Å². The zero-order valence-corrected chi connectivity index (χ0v) is 13.9. The van der Waals surface area contributed by atoms with Gasteiger partial charge in [-0.05, 0) is 57.0 Å². The molecule has 1 aliphatic carbocycles. The third-order valence-electron chi connectivity index (χ3n) is 4.35. The summed E-state index contributed by atoms with van der Waals surface area (Å²) in [5.74, 6) is 7.09. The van der Waals surface area contributed by atoms with Crippen LogP contribution in [0.2, 0.25) is 0 Å². The van der Waals surface area contributed by atoms with Crippen LogP contribution in [-0.4, -0.2) is 34.6 Å². The Morgan fingerprint density at radius 1 is 1.05 bits per heavy atom. The van der Waals surface area contributed by atoms with Gasteiger partial charge in [0.25, 0.3) is 0 Å². The Bertz CT molecular complexity index is 481. The summed E-state index contributed by atoms with van der Waals surface area (Å²) >= 11 is 2.08. The SMILES string of the molecule is CCNc1nc(C2CC2)nc(NCC2CCSCC2)c1C. The summed E-state index contributed by atoms with van der Waals surface area (Å²) in [6.45, 7) is 6.19. The number of hydrogen-bond donors (Lipinski definition) is 2. The van der Waals surface area contributed by atoms with Gasteiger partial charge in [0.05, 0.1) is 0 Å². The van der Waals surface area contributed by atoms with Crippen LogP contribution < -0.4 is 10.6 Å². The van der Waals surface area contributed by atoms with E-state index in [4.69, 9.17) is 9.97 Å². The van der Waals surface area contributed by atoms with E-state index in [9.17, 15) is 0 Å². The van der Waals surface area contributed by atoms with Gasteiger partial charge in [-0.3, -0.25) is 0 Å². The zero-order chi connectivity index (χ0) is 14.7. The molecule has 0 atom stereocenters. The molecule has 1 aromatic rings. The average molecular weight is 306 g/mol. The molecule has 1 aromatic heterocycles. The summed E-state index contributed by atoms with van der Waals surface area (Å²) in [7, 11) is 0. The lowest BCUT2D eigenvalue weighted by Crippen LogP contribution is -2.20. The third kappa shape index (κ3) is 3.82. The molecule has 1 saturated heterocycles. The summed E-state index contributed by atoms with van der Waals surface area (Å²) in [6, 6.07) is 0. The molecule has 2 heterocycles. The minimum absolute atomic E-state index is 0.592. The van der Waals surface area contributed by atoms with Gasteiger partial charge in [0.15, 0.2) is 0 Å². The minimum atomic E-state index is 0.592. The Morgan fingerprint density at radius 3 is 2.33 bits per heavy atom.